The third-order valence-electron chi connectivity index (χ3n) is 5.69. The zero-order chi connectivity index (χ0) is 24.5. The van der Waals surface area contributed by atoms with E-state index in [1.54, 1.807) is 24.7 Å². The fourth-order valence-electron chi connectivity index (χ4n) is 3.94. The van der Waals surface area contributed by atoms with Crippen molar-refractivity contribution in [1.29, 1.82) is 5.26 Å². The van der Waals surface area contributed by atoms with E-state index in [4.69, 9.17) is 0 Å². The van der Waals surface area contributed by atoms with Gasteiger partial charge in [-0.25, -0.2) is 15.0 Å². The van der Waals surface area contributed by atoms with Crippen molar-refractivity contribution in [3.8, 4) is 17.5 Å². The number of aromatic nitrogens is 6. The number of aryl methyl sites for hydroxylation is 1. The molecule has 0 spiro atoms. The highest BCUT2D eigenvalue weighted by molar-refractivity contribution is 5.93. The number of H-pyrrole nitrogens is 1. The Morgan fingerprint density at radius 3 is 2.56 bits per heavy atom. The topological polar surface area (TPSA) is 128 Å². The number of rotatable bonds is 5. The first-order valence-electron chi connectivity index (χ1n) is 11.2. The minimum Gasteiger partial charge on any atom is -0.340 e. The Morgan fingerprint density at radius 2 is 1.72 bits per heavy atom. The van der Waals surface area contributed by atoms with Gasteiger partial charge in [0.25, 0.3) is 0 Å². The molecule has 0 aliphatic carbocycles. The molecular weight excluding hydrogens is 450 g/mol. The number of anilines is 4. The molecule has 0 fully saturated rings. The summed E-state index contributed by atoms with van der Waals surface area (Å²) in [6.45, 7) is 1.94. The molecule has 0 atom stereocenters. The third kappa shape index (κ3) is 4.15. The quantitative estimate of drug-likeness (QED) is 0.296. The molecule has 172 valence electrons. The normalized spacial score (nSPS) is 10.9. The lowest BCUT2D eigenvalue weighted by Crippen LogP contribution is -1.96. The fourth-order valence-corrected chi connectivity index (χ4v) is 3.94. The van der Waals surface area contributed by atoms with Crippen LogP contribution in [-0.2, 0) is 0 Å². The van der Waals surface area contributed by atoms with Gasteiger partial charge in [-0.15, -0.1) is 0 Å². The molecule has 0 amide bonds. The van der Waals surface area contributed by atoms with E-state index in [0.717, 1.165) is 39.1 Å². The molecule has 0 aliphatic rings. The van der Waals surface area contributed by atoms with E-state index in [1.807, 2.05) is 61.5 Å². The van der Waals surface area contributed by atoms with Crippen molar-refractivity contribution >= 4 is 45.1 Å². The summed E-state index contributed by atoms with van der Waals surface area (Å²) < 4.78 is 0. The minimum absolute atomic E-state index is 0.578. The number of nitriles is 1. The van der Waals surface area contributed by atoms with Gasteiger partial charge in [-0.3, -0.25) is 9.97 Å². The van der Waals surface area contributed by atoms with Gasteiger partial charge in [-0.1, -0.05) is 0 Å². The number of imidazole rings is 1. The molecule has 0 saturated heterocycles. The molecule has 9 nitrogen and oxygen atoms in total. The molecule has 1 aromatic carbocycles. The molecule has 0 bridgehead atoms. The number of benzene rings is 1. The van der Waals surface area contributed by atoms with Crippen LogP contribution in [0, 0.1) is 18.3 Å². The van der Waals surface area contributed by atoms with E-state index < -0.39 is 0 Å². The summed E-state index contributed by atoms with van der Waals surface area (Å²) in [5.74, 6) is 2.05. The number of aromatic amines is 1. The van der Waals surface area contributed by atoms with Gasteiger partial charge < -0.3 is 15.6 Å². The fraction of sp³-hybridized carbons (Fsp3) is 0.0370. The van der Waals surface area contributed by atoms with Crippen molar-refractivity contribution in [3.63, 3.8) is 0 Å². The number of nitrogens with one attached hydrogen (secondary N) is 3. The van der Waals surface area contributed by atoms with Crippen LogP contribution in [-0.4, -0.2) is 29.9 Å². The molecule has 36 heavy (non-hydrogen) atoms. The van der Waals surface area contributed by atoms with E-state index in [1.165, 1.54) is 0 Å². The molecule has 0 radical (unpaired) electrons. The van der Waals surface area contributed by atoms with Crippen LogP contribution in [0.2, 0.25) is 0 Å². The Hall–Kier alpha value is -5.36. The van der Waals surface area contributed by atoms with Gasteiger partial charge in [-0.2, -0.15) is 5.26 Å². The van der Waals surface area contributed by atoms with Crippen LogP contribution in [0.15, 0.2) is 79.3 Å². The van der Waals surface area contributed by atoms with Crippen LogP contribution in [0.5, 0.6) is 0 Å². The summed E-state index contributed by atoms with van der Waals surface area (Å²) >= 11 is 0. The second-order valence-electron chi connectivity index (χ2n) is 8.22. The summed E-state index contributed by atoms with van der Waals surface area (Å²) in [7, 11) is 0. The van der Waals surface area contributed by atoms with Crippen LogP contribution in [0.3, 0.4) is 0 Å². The highest BCUT2D eigenvalue weighted by atomic mass is 15.1. The Labute approximate surface area is 205 Å². The van der Waals surface area contributed by atoms with Crippen molar-refractivity contribution in [2.24, 2.45) is 0 Å². The number of nitrogens with zero attached hydrogens (tertiary/aromatic N) is 6. The van der Waals surface area contributed by atoms with Crippen molar-refractivity contribution in [2.45, 2.75) is 6.92 Å². The third-order valence-corrected chi connectivity index (χ3v) is 5.69. The predicted molar refractivity (Wildman–Crippen MR) is 139 cm³/mol. The molecule has 5 heterocycles. The molecule has 0 unspecified atom stereocenters. The predicted octanol–water partition coefficient (Wildman–Crippen LogP) is 5.63. The number of pyridine rings is 4. The smallest absolute Gasteiger partial charge is 0.180 e. The zero-order valence-electron chi connectivity index (χ0n) is 19.2. The maximum Gasteiger partial charge on any atom is 0.180 e. The average Bonchev–Trinajstić information content (AvgIpc) is 3.33. The van der Waals surface area contributed by atoms with Gasteiger partial charge >= 0.3 is 0 Å². The average molecular weight is 470 g/mol. The van der Waals surface area contributed by atoms with Crippen molar-refractivity contribution in [1.82, 2.24) is 29.9 Å². The molecule has 3 N–H and O–H groups in total. The SMILES string of the molecule is Cc1cc(Nc2ccc3[nH]c(-c4ccc(Nc5ccnc6ccc(C#N)cc56)nc4)nc3n2)ccn1. The van der Waals surface area contributed by atoms with E-state index in [9.17, 15) is 5.26 Å². The van der Waals surface area contributed by atoms with Gasteiger partial charge in [0.2, 0.25) is 0 Å². The maximum atomic E-state index is 9.24. The Kier molecular flexibility index (Phi) is 5.16. The van der Waals surface area contributed by atoms with E-state index >= 15 is 0 Å². The first kappa shape index (κ1) is 21.2. The minimum atomic E-state index is 0.578. The highest BCUT2D eigenvalue weighted by Gasteiger charge is 2.10. The molecule has 6 rings (SSSR count). The van der Waals surface area contributed by atoms with E-state index in [2.05, 4.69) is 46.6 Å². The Bertz CT molecular complexity index is 1770. The Morgan fingerprint density at radius 1 is 0.833 bits per heavy atom. The second kappa shape index (κ2) is 8.77. The molecule has 0 aliphatic heterocycles. The van der Waals surface area contributed by atoms with Gasteiger partial charge in [0.15, 0.2) is 5.65 Å². The van der Waals surface area contributed by atoms with E-state index in [0.29, 0.717) is 28.7 Å². The summed E-state index contributed by atoms with van der Waals surface area (Å²) in [4.78, 5) is 25.7. The van der Waals surface area contributed by atoms with Gasteiger partial charge in [0, 0.05) is 40.9 Å². The van der Waals surface area contributed by atoms with Crippen molar-refractivity contribution in [2.75, 3.05) is 10.6 Å². The largest absolute Gasteiger partial charge is 0.340 e. The van der Waals surface area contributed by atoms with Crippen molar-refractivity contribution < 1.29 is 0 Å². The molecule has 6 aromatic rings. The summed E-state index contributed by atoms with van der Waals surface area (Å²) in [6.07, 6.45) is 5.24. The van der Waals surface area contributed by atoms with Crippen LogP contribution >= 0.6 is 0 Å². The van der Waals surface area contributed by atoms with Crippen LogP contribution in [0.4, 0.5) is 23.0 Å². The first-order chi connectivity index (χ1) is 17.6. The van der Waals surface area contributed by atoms with Crippen LogP contribution in [0.1, 0.15) is 11.3 Å². The molecule has 9 heteroatoms. The monoisotopic (exact) mass is 469 g/mol. The van der Waals surface area contributed by atoms with Crippen LogP contribution < -0.4 is 10.6 Å². The first-order valence-corrected chi connectivity index (χ1v) is 11.2. The zero-order valence-corrected chi connectivity index (χ0v) is 19.2. The Balaban J connectivity index is 1.24. The van der Waals surface area contributed by atoms with Gasteiger partial charge in [0.05, 0.1) is 28.4 Å². The molecule has 5 aromatic heterocycles. The lowest BCUT2D eigenvalue weighted by atomic mass is 10.1. The molecule has 0 saturated carbocycles. The summed E-state index contributed by atoms with van der Waals surface area (Å²) in [5.41, 5.74) is 6.34. The number of hydrogen-bond donors (Lipinski definition) is 3. The van der Waals surface area contributed by atoms with Gasteiger partial charge in [-0.05, 0) is 67.6 Å². The lowest BCUT2D eigenvalue weighted by molar-refractivity contribution is 1.20. The standard InChI is InChI=1S/C27H19N9/c1-16-12-19(8-10-29-16)32-25-7-5-23-27(35-25)36-26(34-23)18-3-6-24(31-15-18)33-22-9-11-30-21-4-2-17(14-28)13-20(21)22/h2-13,15H,1H3,(H,30,31,33)(H2,29,32,34,35,36). The van der Waals surface area contributed by atoms with E-state index in [-0.39, 0.29) is 0 Å². The summed E-state index contributed by atoms with van der Waals surface area (Å²) in [5, 5.41) is 16.7. The van der Waals surface area contributed by atoms with Crippen molar-refractivity contribution in [3.05, 3.63) is 90.5 Å². The maximum absolute atomic E-state index is 9.24. The van der Waals surface area contributed by atoms with Crippen LogP contribution in [0.25, 0.3) is 33.5 Å². The number of hydrogen-bond acceptors (Lipinski definition) is 8. The summed E-state index contributed by atoms with van der Waals surface area (Å²) in [6, 6.07) is 21.0. The number of fused-ring (bicyclic) bond motifs is 2. The lowest BCUT2D eigenvalue weighted by Gasteiger charge is -2.09. The second-order valence-corrected chi connectivity index (χ2v) is 8.22. The highest BCUT2D eigenvalue weighted by Crippen LogP contribution is 2.27. The molecular formula is C27H19N9. The van der Waals surface area contributed by atoms with Gasteiger partial charge in [0.1, 0.15) is 17.5 Å².